The van der Waals surface area contributed by atoms with Crippen LogP contribution in [-0.4, -0.2) is 44.1 Å². The summed E-state index contributed by atoms with van der Waals surface area (Å²) >= 11 is 0. The minimum atomic E-state index is -2.88. The van der Waals surface area contributed by atoms with Crippen molar-refractivity contribution >= 4 is 17.8 Å². The molecule has 7 nitrogen and oxygen atoms in total. The van der Waals surface area contributed by atoms with Crippen LogP contribution in [0.25, 0.3) is 0 Å². The van der Waals surface area contributed by atoms with Gasteiger partial charge in [0, 0.05) is 6.54 Å². The van der Waals surface area contributed by atoms with Crippen LogP contribution in [0.2, 0.25) is 0 Å². The van der Waals surface area contributed by atoms with Crippen molar-refractivity contribution in [3.05, 3.63) is 65.7 Å². The van der Waals surface area contributed by atoms with Crippen molar-refractivity contribution in [1.82, 2.24) is 10.6 Å². The maximum atomic E-state index is 12.1. The van der Waals surface area contributed by atoms with E-state index >= 15 is 0 Å². The van der Waals surface area contributed by atoms with E-state index in [1.54, 1.807) is 24.3 Å². The number of amides is 2. The number of rotatable bonds is 11. The third-order valence-electron chi connectivity index (χ3n) is 3.89. The Morgan fingerprint density at radius 3 is 2.23 bits per heavy atom. The number of hydrogen-bond donors (Lipinski definition) is 2. The Bertz CT molecular complexity index is 829. The van der Waals surface area contributed by atoms with E-state index in [9.17, 15) is 23.2 Å². The lowest BCUT2D eigenvalue weighted by Crippen LogP contribution is -2.35. The average Bonchev–Trinajstić information content (AvgIpc) is 2.72. The number of carbonyl (C=O) groups excluding carboxylic acids is 3. The molecule has 160 valence electrons. The number of carbonyl (C=O) groups is 3. The van der Waals surface area contributed by atoms with E-state index in [0.29, 0.717) is 6.42 Å². The van der Waals surface area contributed by atoms with E-state index in [0.717, 1.165) is 11.1 Å². The molecule has 0 heterocycles. The zero-order valence-electron chi connectivity index (χ0n) is 16.1. The SMILES string of the molecule is O=C(COC(=O)CNC(=O)Cc1ccccc1)NCCc1ccc(OC(F)F)cc1. The van der Waals surface area contributed by atoms with Gasteiger partial charge in [-0.3, -0.25) is 14.4 Å². The fraction of sp³-hybridized carbons (Fsp3) is 0.286. The van der Waals surface area contributed by atoms with Crippen molar-refractivity contribution < 1.29 is 32.6 Å². The average molecular weight is 420 g/mol. The molecule has 2 aromatic carbocycles. The Balaban J connectivity index is 1.57. The molecule has 30 heavy (non-hydrogen) atoms. The zero-order chi connectivity index (χ0) is 21.8. The summed E-state index contributed by atoms with van der Waals surface area (Å²) in [5, 5.41) is 5.01. The zero-order valence-corrected chi connectivity index (χ0v) is 16.1. The first-order valence-electron chi connectivity index (χ1n) is 9.19. The van der Waals surface area contributed by atoms with Crippen LogP contribution in [0, 0.1) is 0 Å². The van der Waals surface area contributed by atoms with Crippen LogP contribution in [0.5, 0.6) is 5.75 Å². The maximum Gasteiger partial charge on any atom is 0.387 e. The normalized spacial score (nSPS) is 10.4. The van der Waals surface area contributed by atoms with Crippen molar-refractivity contribution in [3.63, 3.8) is 0 Å². The molecule has 2 rings (SSSR count). The summed E-state index contributed by atoms with van der Waals surface area (Å²) in [6, 6.07) is 15.1. The van der Waals surface area contributed by atoms with Crippen LogP contribution < -0.4 is 15.4 Å². The predicted octanol–water partition coefficient (Wildman–Crippen LogP) is 1.85. The monoisotopic (exact) mass is 420 g/mol. The number of ether oxygens (including phenoxy) is 2. The first-order valence-corrected chi connectivity index (χ1v) is 9.19. The number of halogens is 2. The molecular weight excluding hydrogens is 398 g/mol. The highest BCUT2D eigenvalue weighted by Crippen LogP contribution is 2.14. The van der Waals surface area contributed by atoms with Gasteiger partial charge in [-0.25, -0.2) is 0 Å². The molecule has 0 atom stereocenters. The molecular formula is C21H22F2N2O5. The maximum absolute atomic E-state index is 12.1. The summed E-state index contributed by atoms with van der Waals surface area (Å²) in [5.41, 5.74) is 1.63. The summed E-state index contributed by atoms with van der Waals surface area (Å²) in [6.07, 6.45) is 0.605. The third-order valence-corrected chi connectivity index (χ3v) is 3.89. The van der Waals surface area contributed by atoms with Gasteiger partial charge in [-0.05, 0) is 29.7 Å². The minimum Gasteiger partial charge on any atom is -0.454 e. The van der Waals surface area contributed by atoms with E-state index in [4.69, 9.17) is 4.74 Å². The van der Waals surface area contributed by atoms with Gasteiger partial charge in [-0.1, -0.05) is 42.5 Å². The Labute approximate surface area is 172 Å². The molecule has 0 saturated carbocycles. The predicted molar refractivity (Wildman–Crippen MR) is 104 cm³/mol. The Morgan fingerprint density at radius 1 is 0.867 bits per heavy atom. The first kappa shape index (κ1) is 22.8. The van der Waals surface area contributed by atoms with Gasteiger partial charge in [-0.15, -0.1) is 0 Å². The second-order valence-electron chi connectivity index (χ2n) is 6.22. The molecule has 0 unspecified atom stereocenters. The van der Waals surface area contributed by atoms with Crippen LogP contribution in [-0.2, 0) is 32.0 Å². The van der Waals surface area contributed by atoms with E-state index in [-0.39, 0.29) is 31.2 Å². The van der Waals surface area contributed by atoms with E-state index in [1.807, 2.05) is 18.2 Å². The molecule has 0 aromatic heterocycles. The van der Waals surface area contributed by atoms with Crippen molar-refractivity contribution in [3.8, 4) is 5.75 Å². The van der Waals surface area contributed by atoms with Gasteiger partial charge in [0.05, 0.1) is 6.42 Å². The van der Waals surface area contributed by atoms with E-state index < -0.39 is 25.1 Å². The van der Waals surface area contributed by atoms with Gasteiger partial charge in [0.1, 0.15) is 12.3 Å². The Morgan fingerprint density at radius 2 is 1.57 bits per heavy atom. The lowest BCUT2D eigenvalue weighted by atomic mass is 10.1. The Hall–Kier alpha value is -3.49. The molecule has 2 amide bonds. The summed E-state index contributed by atoms with van der Waals surface area (Å²) in [6.45, 7) is -3.39. The van der Waals surface area contributed by atoms with Gasteiger partial charge in [0.25, 0.3) is 5.91 Å². The lowest BCUT2D eigenvalue weighted by Gasteiger charge is -2.08. The van der Waals surface area contributed by atoms with Crippen LogP contribution >= 0.6 is 0 Å². The number of alkyl halides is 2. The van der Waals surface area contributed by atoms with Crippen molar-refractivity contribution in [1.29, 1.82) is 0 Å². The highest BCUT2D eigenvalue weighted by molar-refractivity contribution is 5.85. The summed E-state index contributed by atoms with van der Waals surface area (Å²) < 4.78 is 33.2. The fourth-order valence-electron chi connectivity index (χ4n) is 2.45. The highest BCUT2D eigenvalue weighted by atomic mass is 19.3. The molecule has 2 N–H and O–H groups in total. The Kier molecular flexibility index (Phi) is 9.23. The van der Waals surface area contributed by atoms with E-state index in [1.165, 1.54) is 12.1 Å². The number of nitrogens with one attached hydrogen (secondary N) is 2. The molecule has 2 aromatic rings. The second kappa shape index (κ2) is 12.2. The fourth-order valence-corrected chi connectivity index (χ4v) is 2.45. The van der Waals surface area contributed by atoms with Crippen molar-refractivity contribution in [2.75, 3.05) is 19.7 Å². The van der Waals surface area contributed by atoms with Crippen LogP contribution in [0.1, 0.15) is 11.1 Å². The summed E-state index contributed by atoms with van der Waals surface area (Å²) in [4.78, 5) is 35.1. The molecule has 0 aliphatic rings. The van der Waals surface area contributed by atoms with Gasteiger partial charge in [-0.2, -0.15) is 8.78 Å². The number of esters is 1. The smallest absolute Gasteiger partial charge is 0.387 e. The van der Waals surface area contributed by atoms with Crippen molar-refractivity contribution in [2.24, 2.45) is 0 Å². The standard InChI is InChI=1S/C21H22F2N2O5/c22-21(23)30-17-8-6-15(7-9-17)10-11-24-19(27)14-29-20(28)13-25-18(26)12-16-4-2-1-3-5-16/h1-9,21H,10-14H2,(H,24,27)(H,25,26). The van der Waals surface area contributed by atoms with Gasteiger partial charge < -0.3 is 20.1 Å². The largest absolute Gasteiger partial charge is 0.454 e. The van der Waals surface area contributed by atoms with Crippen molar-refractivity contribution in [2.45, 2.75) is 19.5 Å². The molecule has 0 spiro atoms. The van der Waals surface area contributed by atoms with Gasteiger partial charge in [0.2, 0.25) is 5.91 Å². The van der Waals surface area contributed by atoms with E-state index in [2.05, 4.69) is 15.4 Å². The molecule has 0 aliphatic heterocycles. The minimum absolute atomic E-state index is 0.0561. The lowest BCUT2D eigenvalue weighted by molar-refractivity contribution is -0.148. The molecule has 0 radical (unpaired) electrons. The van der Waals surface area contributed by atoms with Gasteiger partial charge >= 0.3 is 12.6 Å². The molecule has 0 aliphatic carbocycles. The molecule has 0 saturated heterocycles. The van der Waals surface area contributed by atoms with Crippen LogP contribution in [0.15, 0.2) is 54.6 Å². The molecule has 0 bridgehead atoms. The molecule has 9 heteroatoms. The first-order chi connectivity index (χ1) is 14.4. The number of hydrogen-bond acceptors (Lipinski definition) is 5. The van der Waals surface area contributed by atoms with Crippen LogP contribution in [0.4, 0.5) is 8.78 Å². The van der Waals surface area contributed by atoms with Crippen LogP contribution in [0.3, 0.4) is 0 Å². The topological polar surface area (TPSA) is 93.7 Å². The molecule has 0 fully saturated rings. The van der Waals surface area contributed by atoms with Gasteiger partial charge in [0.15, 0.2) is 6.61 Å². The highest BCUT2D eigenvalue weighted by Gasteiger charge is 2.10. The third kappa shape index (κ3) is 9.13. The number of benzene rings is 2. The second-order valence-corrected chi connectivity index (χ2v) is 6.22. The summed E-state index contributed by atoms with van der Waals surface area (Å²) in [5.74, 6) is -1.48. The summed E-state index contributed by atoms with van der Waals surface area (Å²) in [7, 11) is 0. The quantitative estimate of drug-likeness (QED) is 0.541.